The van der Waals surface area contributed by atoms with Gasteiger partial charge in [0.25, 0.3) is 5.91 Å². The highest BCUT2D eigenvalue weighted by atomic mass is 19.3. The first-order valence-corrected chi connectivity index (χ1v) is 6.71. The third kappa shape index (κ3) is 5.31. The summed E-state index contributed by atoms with van der Waals surface area (Å²) in [6.07, 6.45) is 0. The van der Waals surface area contributed by atoms with Crippen LogP contribution in [0.5, 0.6) is 5.75 Å². The smallest absolute Gasteiger partial charge is 0.387 e. The fraction of sp³-hybridized carbons (Fsp3) is 0.125. The zero-order valence-corrected chi connectivity index (χ0v) is 12.2. The zero-order chi connectivity index (χ0) is 17.5. The number of esters is 1. The Labute approximate surface area is 135 Å². The van der Waals surface area contributed by atoms with E-state index in [2.05, 4.69) is 10.1 Å². The second-order valence-corrected chi connectivity index (χ2v) is 4.53. The molecule has 126 valence electrons. The lowest BCUT2D eigenvalue weighted by Gasteiger charge is -2.07. The van der Waals surface area contributed by atoms with E-state index in [0.29, 0.717) is 5.69 Å². The maximum atomic E-state index is 12.7. The molecular weight excluding hydrogens is 327 g/mol. The minimum Gasteiger partial charge on any atom is -0.452 e. The Kier molecular flexibility index (Phi) is 5.78. The number of halogens is 3. The first-order chi connectivity index (χ1) is 11.4. The second kappa shape index (κ2) is 8.00. The van der Waals surface area contributed by atoms with Crippen LogP contribution in [0, 0.1) is 5.82 Å². The lowest BCUT2D eigenvalue weighted by Crippen LogP contribution is -2.20. The van der Waals surface area contributed by atoms with Crippen molar-refractivity contribution in [3.63, 3.8) is 0 Å². The molecule has 0 aliphatic heterocycles. The summed E-state index contributed by atoms with van der Waals surface area (Å²) >= 11 is 0. The Bertz CT molecular complexity index is 702. The average molecular weight is 339 g/mol. The molecule has 1 amide bonds. The molecule has 0 spiro atoms. The minimum absolute atomic E-state index is 0.0752. The van der Waals surface area contributed by atoms with Crippen molar-refractivity contribution in [2.24, 2.45) is 0 Å². The van der Waals surface area contributed by atoms with Gasteiger partial charge in [0.2, 0.25) is 0 Å². The van der Waals surface area contributed by atoms with Crippen molar-refractivity contribution in [3.05, 3.63) is 59.9 Å². The predicted molar refractivity (Wildman–Crippen MR) is 78.4 cm³/mol. The number of amides is 1. The van der Waals surface area contributed by atoms with E-state index < -0.39 is 30.9 Å². The van der Waals surface area contributed by atoms with Crippen molar-refractivity contribution in [2.45, 2.75) is 6.61 Å². The van der Waals surface area contributed by atoms with Gasteiger partial charge in [-0.3, -0.25) is 4.79 Å². The summed E-state index contributed by atoms with van der Waals surface area (Å²) < 4.78 is 45.7. The van der Waals surface area contributed by atoms with Crippen LogP contribution in [0.15, 0.2) is 48.5 Å². The standard InChI is InChI=1S/C16H12F3NO4/c17-11-3-5-12(6-4-11)20-14(21)9-23-15(22)10-1-7-13(8-2-10)24-16(18)19/h1-8,16H,9H2,(H,20,21). The third-order valence-electron chi connectivity index (χ3n) is 2.78. The highest BCUT2D eigenvalue weighted by molar-refractivity contribution is 5.95. The SMILES string of the molecule is O=C(COC(=O)c1ccc(OC(F)F)cc1)Nc1ccc(F)cc1. The van der Waals surface area contributed by atoms with E-state index in [1.165, 1.54) is 48.5 Å². The number of carbonyl (C=O) groups excluding carboxylic acids is 2. The predicted octanol–water partition coefficient (Wildman–Crippen LogP) is 3.22. The second-order valence-electron chi connectivity index (χ2n) is 4.53. The fourth-order valence-electron chi connectivity index (χ4n) is 1.72. The molecule has 0 atom stereocenters. The molecule has 0 aliphatic rings. The quantitative estimate of drug-likeness (QED) is 0.821. The molecule has 0 aromatic heterocycles. The first-order valence-electron chi connectivity index (χ1n) is 6.71. The molecule has 0 radical (unpaired) electrons. The first kappa shape index (κ1) is 17.3. The number of nitrogens with one attached hydrogen (secondary N) is 1. The average Bonchev–Trinajstić information content (AvgIpc) is 2.55. The van der Waals surface area contributed by atoms with Crippen LogP contribution in [0.2, 0.25) is 0 Å². The maximum absolute atomic E-state index is 12.7. The number of rotatable bonds is 6. The Hall–Kier alpha value is -3.03. The van der Waals surface area contributed by atoms with Crippen molar-refractivity contribution in [2.75, 3.05) is 11.9 Å². The van der Waals surface area contributed by atoms with Crippen LogP contribution in [-0.4, -0.2) is 25.1 Å². The number of hydrogen-bond acceptors (Lipinski definition) is 4. The van der Waals surface area contributed by atoms with E-state index in [-0.39, 0.29) is 11.3 Å². The van der Waals surface area contributed by atoms with Crippen molar-refractivity contribution < 1.29 is 32.2 Å². The molecule has 8 heteroatoms. The van der Waals surface area contributed by atoms with Crippen LogP contribution < -0.4 is 10.1 Å². The van der Waals surface area contributed by atoms with Crippen molar-refractivity contribution in [1.29, 1.82) is 0 Å². The molecule has 2 rings (SSSR count). The zero-order valence-electron chi connectivity index (χ0n) is 12.2. The van der Waals surface area contributed by atoms with Gasteiger partial charge in [0.1, 0.15) is 11.6 Å². The summed E-state index contributed by atoms with van der Waals surface area (Å²) in [5.74, 6) is -1.95. The summed E-state index contributed by atoms with van der Waals surface area (Å²) in [7, 11) is 0. The fourth-order valence-corrected chi connectivity index (χ4v) is 1.72. The van der Waals surface area contributed by atoms with Crippen LogP contribution in [-0.2, 0) is 9.53 Å². The Morgan fingerprint density at radius 2 is 1.62 bits per heavy atom. The normalized spacial score (nSPS) is 10.3. The van der Waals surface area contributed by atoms with Gasteiger partial charge >= 0.3 is 12.6 Å². The lowest BCUT2D eigenvalue weighted by molar-refractivity contribution is -0.119. The highest BCUT2D eigenvalue weighted by Gasteiger charge is 2.11. The van der Waals surface area contributed by atoms with E-state index in [1.807, 2.05) is 0 Å². The summed E-state index contributed by atoms with van der Waals surface area (Å²) in [6, 6.07) is 9.89. The summed E-state index contributed by atoms with van der Waals surface area (Å²) in [5.41, 5.74) is 0.428. The van der Waals surface area contributed by atoms with E-state index in [4.69, 9.17) is 4.74 Å². The van der Waals surface area contributed by atoms with Crippen molar-refractivity contribution >= 4 is 17.6 Å². The molecule has 2 aromatic rings. The van der Waals surface area contributed by atoms with Gasteiger partial charge in [-0.15, -0.1) is 0 Å². The lowest BCUT2D eigenvalue weighted by atomic mass is 10.2. The molecule has 0 fully saturated rings. The number of hydrogen-bond donors (Lipinski definition) is 1. The molecule has 0 bridgehead atoms. The molecule has 1 N–H and O–H groups in total. The van der Waals surface area contributed by atoms with Gasteiger partial charge in [-0.05, 0) is 48.5 Å². The Morgan fingerprint density at radius 1 is 1.00 bits per heavy atom. The van der Waals surface area contributed by atoms with Gasteiger partial charge in [-0.2, -0.15) is 8.78 Å². The van der Waals surface area contributed by atoms with Gasteiger partial charge in [-0.25, -0.2) is 9.18 Å². The number of carbonyl (C=O) groups is 2. The number of alkyl halides is 2. The van der Waals surface area contributed by atoms with Gasteiger partial charge < -0.3 is 14.8 Å². The van der Waals surface area contributed by atoms with Crippen LogP contribution in [0.3, 0.4) is 0 Å². The molecular formula is C16H12F3NO4. The largest absolute Gasteiger partial charge is 0.452 e. The highest BCUT2D eigenvalue weighted by Crippen LogP contribution is 2.15. The molecule has 2 aromatic carbocycles. The molecule has 0 unspecified atom stereocenters. The van der Waals surface area contributed by atoms with Crippen LogP contribution >= 0.6 is 0 Å². The van der Waals surface area contributed by atoms with Gasteiger partial charge in [-0.1, -0.05) is 0 Å². The summed E-state index contributed by atoms with van der Waals surface area (Å²) in [4.78, 5) is 23.4. The molecule has 0 saturated heterocycles. The minimum atomic E-state index is -2.96. The molecule has 0 aliphatic carbocycles. The van der Waals surface area contributed by atoms with Crippen LogP contribution in [0.1, 0.15) is 10.4 Å². The van der Waals surface area contributed by atoms with E-state index in [0.717, 1.165) is 0 Å². The Balaban J connectivity index is 1.83. The monoisotopic (exact) mass is 339 g/mol. The molecule has 0 saturated carbocycles. The topological polar surface area (TPSA) is 64.6 Å². The summed E-state index contributed by atoms with van der Waals surface area (Å²) in [5, 5.41) is 2.42. The van der Waals surface area contributed by atoms with Gasteiger partial charge in [0, 0.05) is 5.69 Å². The van der Waals surface area contributed by atoms with Crippen molar-refractivity contribution in [1.82, 2.24) is 0 Å². The van der Waals surface area contributed by atoms with Crippen LogP contribution in [0.25, 0.3) is 0 Å². The van der Waals surface area contributed by atoms with Crippen LogP contribution in [0.4, 0.5) is 18.9 Å². The molecule has 24 heavy (non-hydrogen) atoms. The molecule has 5 nitrogen and oxygen atoms in total. The number of ether oxygens (including phenoxy) is 2. The molecule has 0 heterocycles. The van der Waals surface area contributed by atoms with Gasteiger partial charge in [0.05, 0.1) is 5.56 Å². The van der Waals surface area contributed by atoms with Crippen molar-refractivity contribution in [3.8, 4) is 5.75 Å². The number of benzene rings is 2. The Morgan fingerprint density at radius 3 is 2.21 bits per heavy atom. The maximum Gasteiger partial charge on any atom is 0.387 e. The van der Waals surface area contributed by atoms with E-state index in [9.17, 15) is 22.8 Å². The third-order valence-corrected chi connectivity index (χ3v) is 2.78. The van der Waals surface area contributed by atoms with Gasteiger partial charge in [0.15, 0.2) is 6.61 Å². The van der Waals surface area contributed by atoms with E-state index >= 15 is 0 Å². The number of anilines is 1. The van der Waals surface area contributed by atoms with E-state index in [1.54, 1.807) is 0 Å². The summed E-state index contributed by atoms with van der Waals surface area (Å²) in [6.45, 7) is -3.51.